The van der Waals surface area contributed by atoms with Crippen molar-refractivity contribution in [3.63, 3.8) is 0 Å². The molecular formula is C19H28FN3O. The Labute approximate surface area is 144 Å². The lowest BCUT2D eigenvalue weighted by Crippen LogP contribution is -2.48. The number of nitrogens with zero attached hydrogens (tertiary/aromatic N) is 3. The first-order valence-electron chi connectivity index (χ1n) is 9.25. The van der Waals surface area contributed by atoms with Crippen LogP contribution in [0.15, 0.2) is 18.3 Å². The van der Waals surface area contributed by atoms with Crippen LogP contribution in [0, 0.1) is 23.6 Å². The molecule has 0 bridgehead atoms. The molecule has 3 fully saturated rings. The molecule has 2 saturated carbocycles. The molecule has 0 N–H and O–H groups in total. The molecule has 1 aromatic rings. The SMILES string of the molecule is CN(C)[C@@H]1C[C@@H]2CN(c3ncccc3F)C[C@@H]2C[C@H]1OCC1CC1. The van der Waals surface area contributed by atoms with Crippen molar-refractivity contribution >= 4 is 5.82 Å². The van der Waals surface area contributed by atoms with E-state index in [0.717, 1.165) is 38.5 Å². The maximum atomic E-state index is 14.1. The van der Waals surface area contributed by atoms with E-state index in [4.69, 9.17) is 4.74 Å². The van der Waals surface area contributed by atoms with Gasteiger partial charge >= 0.3 is 0 Å². The number of ether oxygens (including phenoxy) is 1. The fourth-order valence-corrected chi connectivity index (χ4v) is 4.44. The molecule has 4 nitrogen and oxygen atoms in total. The summed E-state index contributed by atoms with van der Waals surface area (Å²) >= 11 is 0. The Morgan fingerprint density at radius 2 is 2.00 bits per heavy atom. The molecule has 132 valence electrons. The van der Waals surface area contributed by atoms with E-state index in [9.17, 15) is 4.39 Å². The molecule has 0 aromatic carbocycles. The van der Waals surface area contributed by atoms with Gasteiger partial charge in [0.2, 0.25) is 0 Å². The average Bonchev–Trinajstić information content (AvgIpc) is 3.30. The van der Waals surface area contributed by atoms with Crippen LogP contribution >= 0.6 is 0 Å². The Bertz CT molecular complexity index is 577. The minimum atomic E-state index is -0.207. The summed E-state index contributed by atoms with van der Waals surface area (Å²) in [6, 6.07) is 3.64. The lowest BCUT2D eigenvalue weighted by atomic mass is 9.77. The van der Waals surface area contributed by atoms with Crippen LogP contribution in [0.5, 0.6) is 0 Å². The third kappa shape index (κ3) is 3.29. The summed E-state index contributed by atoms with van der Waals surface area (Å²) < 4.78 is 20.4. The Morgan fingerprint density at radius 3 is 2.67 bits per heavy atom. The van der Waals surface area contributed by atoms with Crippen LogP contribution in [0.3, 0.4) is 0 Å². The fourth-order valence-electron chi connectivity index (χ4n) is 4.44. The van der Waals surface area contributed by atoms with Crippen molar-refractivity contribution in [2.75, 3.05) is 38.7 Å². The minimum absolute atomic E-state index is 0.207. The Hall–Kier alpha value is -1.20. The van der Waals surface area contributed by atoms with Gasteiger partial charge in [0.1, 0.15) is 0 Å². The molecule has 5 heteroatoms. The maximum absolute atomic E-state index is 14.1. The Kier molecular flexibility index (Phi) is 4.48. The van der Waals surface area contributed by atoms with Crippen molar-refractivity contribution in [3.05, 3.63) is 24.1 Å². The highest BCUT2D eigenvalue weighted by molar-refractivity contribution is 5.41. The molecule has 1 aromatic heterocycles. The van der Waals surface area contributed by atoms with E-state index in [1.807, 2.05) is 0 Å². The van der Waals surface area contributed by atoms with Crippen LogP contribution in [-0.2, 0) is 4.74 Å². The number of rotatable bonds is 5. The lowest BCUT2D eigenvalue weighted by Gasteiger charge is -2.41. The van der Waals surface area contributed by atoms with Gasteiger partial charge in [-0.15, -0.1) is 0 Å². The van der Waals surface area contributed by atoms with Crippen LogP contribution in [0.4, 0.5) is 10.2 Å². The highest BCUT2D eigenvalue weighted by atomic mass is 19.1. The molecule has 0 unspecified atom stereocenters. The molecule has 0 radical (unpaired) electrons. The number of halogens is 1. The Morgan fingerprint density at radius 1 is 1.25 bits per heavy atom. The van der Waals surface area contributed by atoms with Crippen LogP contribution in [-0.4, -0.2) is 55.8 Å². The van der Waals surface area contributed by atoms with Gasteiger partial charge in [-0.25, -0.2) is 9.37 Å². The zero-order valence-corrected chi connectivity index (χ0v) is 14.7. The maximum Gasteiger partial charge on any atom is 0.165 e. The van der Waals surface area contributed by atoms with Gasteiger partial charge in [0, 0.05) is 31.9 Å². The molecule has 1 saturated heterocycles. The predicted octanol–water partition coefficient (Wildman–Crippen LogP) is 2.79. The average molecular weight is 333 g/mol. The molecule has 4 rings (SSSR count). The fraction of sp³-hybridized carbons (Fsp3) is 0.737. The van der Waals surface area contributed by atoms with Crippen LogP contribution in [0.25, 0.3) is 0 Å². The molecule has 2 heterocycles. The molecule has 0 spiro atoms. The largest absolute Gasteiger partial charge is 0.376 e. The highest BCUT2D eigenvalue weighted by Gasteiger charge is 2.44. The van der Waals surface area contributed by atoms with Crippen LogP contribution < -0.4 is 4.90 Å². The van der Waals surface area contributed by atoms with Gasteiger partial charge < -0.3 is 14.5 Å². The van der Waals surface area contributed by atoms with E-state index in [0.29, 0.717) is 29.8 Å². The van der Waals surface area contributed by atoms with Gasteiger partial charge in [0.25, 0.3) is 0 Å². The quantitative estimate of drug-likeness (QED) is 0.828. The normalized spacial score (nSPS) is 33.1. The molecule has 4 atom stereocenters. The van der Waals surface area contributed by atoms with Crippen LogP contribution in [0.1, 0.15) is 25.7 Å². The smallest absolute Gasteiger partial charge is 0.165 e. The number of hydrogen-bond donors (Lipinski definition) is 0. The van der Waals surface area contributed by atoms with E-state index < -0.39 is 0 Å². The van der Waals surface area contributed by atoms with E-state index in [2.05, 4.69) is 28.9 Å². The standard InChI is InChI=1S/C19H28FN3O/c1-22(2)17-8-14-10-23(19-16(20)4-3-7-21-19)11-15(14)9-18(17)24-12-13-5-6-13/h3-4,7,13-15,17-18H,5-6,8-12H2,1-2H3/t14-,15+,17-,18-/m1/s1. The number of pyridine rings is 1. The number of likely N-dealkylation sites (N-methyl/N-ethyl adjacent to an activating group) is 1. The second-order valence-corrected chi connectivity index (χ2v) is 8.05. The van der Waals surface area contributed by atoms with Crippen molar-refractivity contribution < 1.29 is 9.13 Å². The number of aromatic nitrogens is 1. The summed E-state index contributed by atoms with van der Waals surface area (Å²) in [6.45, 7) is 2.74. The number of fused-ring (bicyclic) bond motifs is 1. The topological polar surface area (TPSA) is 28.6 Å². The summed E-state index contributed by atoms with van der Waals surface area (Å²) in [5.41, 5.74) is 0. The van der Waals surface area contributed by atoms with Crippen molar-refractivity contribution in [1.82, 2.24) is 9.88 Å². The summed E-state index contributed by atoms with van der Waals surface area (Å²) in [4.78, 5) is 8.73. The first kappa shape index (κ1) is 16.3. The molecular weight excluding hydrogens is 305 g/mol. The summed E-state index contributed by atoms with van der Waals surface area (Å²) in [7, 11) is 4.31. The van der Waals surface area contributed by atoms with Gasteiger partial charge in [0.15, 0.2) is 11.6 Å². The van der Waals surface area contributed by atoms with E-state index >= 15 is 0 Å². The van der Waals surface area contributed by atoms with Gasteiger partial charge in [-0.3, -0.25) is 0 Å². The van der Waals surface area contributed by atoms with E-state index in [1.165, 1.54) is 18.9 Å². The third-order valence-corrected chi connectivity index (χ3v) is 6.03. The molecule has 24 heavy (non-hydrogen) atoms. The third-order valence-electron chi connectivity index (χ3n) is 6.03. The monoisotopic (exact) mass is 333 g/mol. The summed E-state index contributed by atoms with van der Waals surface area (Å²) in [6.07, 6.45) is 6.89. The number of hydrogen-bond acceptors (Lipinski definition) is 4. The summed E-state index contributed by atoms with van der Waals surface area (Å²) in [5, 5.41) is 0. The first-order chi connectivity index (χ1) is 11.6. The molecule has 2 aliphatic carbocycles. The van der Waals surface area contributed by atoms with Gasteiger partial charge in [-0.05, 0) is 69.7 Å². The van der Waals surface area contributed by atoms with E-state index in [1.54, 1.807) is 12.3 Å². The zero-order chi connectivity index (χ0) is 16.7. The van der Waals surface area contributed by atoms with Crippen molar-refractivity contribution in [1.29, 1.82) is 0 Å². The minimum Gasteiger partial charge on any atom is -0.376 e. The predicted molar refractivity (Wildman–Crippen MR) is 92.6 cm³/mol. The van der Waals surface area contributed by atoms with Gasteiger partial charge in [0.05, 0.1) is 6.10 Å². The molecule has 0 amide bonds. The lowest BCUT2D eigenvalue weighted by molar-refractivity contribution is -0.0493. The van der Waals surface area contributed by atoms with Crippen LogP contribution in [0.2, 0.25) is 0 Å². The highest BCUT2D eigenvalue weighted by Crippen LogP contribution is 2.41. The molecule has 3 aliphatic rings. The van der Waals surface area contributed by atoms with Crippen molar-refractivity contribution in [3.8, 4) is 0 Å². The number of anilines is 1. The van der Waals surface area contributed by atoms with Crippen molar-refractivity contribution in [2.24, 2.45) is 17.8 Å². The van der Waals surface area contributed by atoms with Crippen molar-refractivity contribution in [2.45, 2.75) is 37.8 Å². The first-order valence-corrected chi connectivity index (χ1v) is 9.25. The second-order valence-electron chi connectivity index (χ2n) is 8.05. The molecule has 1 aliphatic heterocycles. The van der Waals surface area contributed by atoms with E-state index in [-0.39, 0.29) is 5.82 Å². The second kappa shape index (κ2) is 6.60. The van der Waals surface area contributed by atoms with Gasteiger partial charge in [-0.1, -0.05) is 0 Å². The Balaban J connectivity index is 1.45. The zero-order valence-electron chi connectivity index (χ0n) is 14.7. The summed E-state index contributed by atoms with van der Waals surface area (Å²) in [5.74, 6) is 2.31. The van der Waals surface area contributed by atoms with Gasteiger partial charge in [-0.2, -0.15) is 0 Å².